The highest BCUT2D eigenvalue weighted by Gasteiger charge is 2.40. The fourth-order valence-electron chi connectivity index (χ4n) is 7.37. The minimum atomic E-state index is -4.22. The van der Waals surface area contributed by atoms with E-state index in [2.05, 4.69) is 10.2 Å². The third-order valence-electron chi connectivity index (χ3n) is 10.1. The number of aldehydes is 1. The number of benzene rings is 2. The predicted octanol–water partition coefficient (Wildman–Crippen LogP) is 5.63. The van der Waals surface area contributed by atoms with Gasteiger partial charge in [-0.15, -0.1) is 11.3 Å². The van der Waals surface area contributed by atoms with Crippen molar-refractivity contribution in [1.82, 2.24) is 14.7 Å². The molecule has 1 N–H and O–H groups in total. The largest absolute Gasteiger partial charge is 0.495 e. The fraction of sp³-hybridized carbons (Fsp3) is 0.528. The molecule has 0 unspecified atom stereocenters. The average Bonchev–Trinajstić information content (AvgIpc) is 3.73. The highest BCUT2D eigenvalue weighted by Crippen LogP contribution is 2.32. The molecule has 1 aromatic heterocycles. The number of piperazine rings is 1. The van der Waals surface area contributed by atoms with Gasteiger partial charge in [0.05, 0.1) is 50.1 Å². The molecule has 6 rings (SSSR count). The molecule has 3 fully saturated rings. The van der Waals surface area contributed by atoms with E-state index in [1.807, 2.05) is 40.6 Å². The number of nitrogens with zero attached hydrogens (tertiary/aromatic N) is 3. The number of carbonyl (C=O) groups excluding carboxylic acids is 3. The van der Waals surface area contributed by atoms with E-state index >= 15 is 0 Å². The first-order chi connectivity index (χ1) is 23.6. The monoisotopic (exact) mass is 700 g/mol. The van der Waals surface area contributed by atoms with Gasteiger partial charge in [0.1, 0.15) is 12.0 Å². The summed E-state index contributed by atoms with van der Waals surface area (Å²) >= 11 is 1.51. The number of rotatable bonds is 11. The molecule has 49 heavy (non-hydrogen) atoms. The van der Waals surface area contributed by atoms with E-state index in [1.165, 1.54) is 23.3 Å². The van der Waals surface area contributed by atoms with E-state index in [1.54, 1.807) is 12.1 Å². The van der Waals surface area contributed by atoms with Crippen LogP contribution in [0.4, 0.5) is 18.9 Å². The van der Waals surface area contributed by atoms with Crippen molar-refractivity contribution in [3.05, 3.63) is 59.0 Å². The van der Waals surface area contributed by atoms with Gasteiger partial charge in [0.2, 0.25) is 5.91 Å². The second kappa shape index (κ2) is 15.6. The maximum Gasteiger partial charge on any atom is 0.401 e. The Labute approximate surface area is 288 Å². The molecule has 2 atom stereocenters. The van der Waals surface area contributed by atoms with E-state index in [0.29, 0.717) is 62.8 Å². The summed E-state index contributed by atoms with van der Waals surface area (Å²) in [6.45, 7) is 1.62. The lowest BCUT2D eigenvalue weighted by molar-refractivity contribution is -0.150. The molecule has 2 amide bonds. The Morgan fingerprint density at radius 3 is 2.51 bits per heavy atom. The number of ether oxygens (including phenoxy) is 2. The van der Waals surface area contributed by atoms with Crippen molar-refractivity contribution in [2.24, 2.45) is 5.92 Å². The van der Waals surface area contributed by atoms with Crippen LogP contribution in [-0.2, 0) is 20.7 Å². The zero-order valence-corrected chi connectivity index (χ0v) is 28.4. The van der Waals surface area contributed by atoms with Crippen LogP contribution in [0.3, 0.4) is 0 Å². The van der Waals surface area contributed by atoms with Gasteiger partial charge in [0.25, 0.3) is 5.91 Å². The maximum atomic E-state index is 13.9. The molecule has 0 bridgehead atoms. The molecule has 3 heterocycles. The molecule has 2 saturated heterocycles. The number of methoxy groups -OCH3 is 1. The van der Waals surface area contributed by atoms with Gasteiger partial charge >= 0.3 is 6.18 Å². The number of amides is 2. The van der Waals surface area contributed by atoms with Crippen LogP contribution in [0.5, 0.6) is 5.75 Å². The highest BCUT2D eigenvalue weighted by atomic mass is 32.1. The zero-order valence-electron chi connectivity index (χ0n) is 27.6. The molecular formula is C36H43F3N4O5S. The zero-order chi connectivity index (χ0) is 34.5. The predicted molar refractivity (Wildman–Crippen MR) is 182 cm³/mol. The summed E-state index contributed by atoms with van der Waals surface area (Å²) in [7, 11) is 1.52. The summed E-state index contributed by atoms with van der Waals surface area (Å²) < 4.78 is 51.9. The topological polar surface area (TPSA) is 91.4 Å². The van der Waals surface area contributed by atoms with Gasteiger partial charge in [0.15, 0.2) is 0 Å². The Bertz CT molecular complexity index is 1620. The maximum absolute atomic E-state index is 13.9. The molecule has 264 valence electrons. The minimum Gasteiger partial charge on any atom is -0.495 e. The number of anilines is 1. The molecular weight excluding hydrogens is 657 g/mol. The van der Waals surface area contributed by atoms with E-state index in [-0.39, 0.29) is 42.3 Å². The van der Waals surface area contributed by atoms with Crippen molar-refractivity contribution < 1.29 is 37.0 Å². The molecule has 3 aliphatic rings. The lowest BCUT2D eigenvalue weighted by Gasteiger charge is -2.38. The van der Waals surface area contributed by atoms with Gasteiger partial charge in [-0.2, -0.15) is 13.2 Å². The Morgan fingerprint density at radius 1 is 1.04 bits per heavy atom. The average molecular weight is 701 g/mol. The van der Waals surface area contributed by atoms with Crippen molar-refractivity contribution in [2.45, 2.75) is 62.9 Å². The van der Waals surface area contributed by atoms with E-state index in [0.717, 1.165) is 47.6 Å². The summed E-state index contributed by atoms with van der Waals surface area (Å²) in [5.74, 6) is 0.210. The summed E-state index contributed by atoms with van der Waals surface area (Å²) in [6.07, 6.45) is 0.846. The second-order valence-corrected chi connectivity index (χ2v) is 14.2. The standard InChI is InChI=1S/C36H43F3N4O5S/c1-47-32-16-25(8-11-31(32)40-35(46)30-22-49-33-5-3-2-4-29(30)33)17-34(45)43-19-26(42-14-12-41(13-15-42)23-36(37,38)39)18-27(43)21-48-28-9-6-24(20-44)7-10-28/h2-5,8,11,16,20,22,24,26-28H,6-7,9-10,12-15,17-19,21,23H2,1H3,(H,40,46)/t24-,26-,27-,28-/m0/s1. The van der Waals surface area contributed by atoms with Crippen LogP contribution in [-0.4, -0.2) is 110 Å². The summed E-state index contributed by atoms with van der Waals surface area (Å²) in [5, 5.41) is 5.67. The molecule has 9 nitrogen and oxygen atoms in total. The van der Waals surface area contributed by atoms with Gasteiger partial charge in [-0.1, -0.05) is 24.3 Å². The van der Waals surface area contributed by atoms with Crippen molar-refractivity contribution in [3.63, 3.8) is 0 Å². The van der Waals surface area contributed by atoms with Crippen molar-refractivity contribution in [2.75, 3.05) is 58.3 Å². The van der Waals surface area contributed by atoms with Crippen molar-refractivity contribution in [1.29, 1.82) is 0 Å². The number of hydrogen-bond donors (Lipinski definition) is 1. The molecule has 0 radical (unpaired) electrons. The smallest absolute Gasteiger partial charge is 0.401 e. The molecule has 3 aromatic rings. The molecule has 13 heteroatoms. The second-order valence-electron chi connectivity index (χ2n) is 13.3. The number of halogens is 3. The Hall–Kier alpha value is -3.52. The third kappa shape index (κ3) is 8.80. The number of fused-ring (bicyclic) bond motifs is 1. The third-order valence-corrected chi connectivity index (χ3v) is 11.0. The SMILES string of the molecule is COc1cc(CC(=O)N2C[C@@H](N3CCN(CC(F)(F)F)CC3)C[C@H]2CO[C@H]2CC[C@H](C=O)CC2)ccc1NC(=O)c1csc2ccccc12. The van der Waals surface area contributed by atoms with Crippen LogP contribution in [0.15, 0.2) is 47.8 Å². The van der Waals surface area contributed by atoms with Crippen LogP contribution in [0.25, 0.3) is 10.1 Å². The molecule has 0 spiro atoms. The van der Waals surface area contributed by atoms with Gasteiger partial charge < -0.3 is 24.5 Å². The number of thiophene rings is 1. The molecule has 1 aliphatic carbocycles. The normalized spacial score (nSPS) is 23.9. The first kappa shape index (κ1) is 35.3. The summed E-state index contributed by atoms with van der Waals surface area (Å²) in [6, 6.07) is 12.9. The Morgan fingerprint density at radius 2 is 1.80 bits per heavy atom. The van der Waals surface area contributed by atoms with E-state index in [4.69, 9.17) is 9.47 Å². The summed E-state index contributed by atoms with van der Waals surface area (Å²) in [4.78, 5) is 43.8. The number of nitrogens with one attached hydrogen (secondary N) is 1. The van der Waals surface area contributed by atoms with Crippen LogP contribution >= 0.6 is 11.3 Å². The van der Waals surface area contributed by atoms with Crippen molar-refractivity contribution in [3.8, 4) is 5.75 Å². The first-order valence-corrected chi connectivity index (χ1v) is 17.8. The van der Waals surface area contributed by atoms with E-state index < -0.39 is 12.7 Å². The minimum absolute atomic E-state index is 0.0247. The van der Waals surface area contributed by atoms with E-state index in [9.17, 15) is 27.6 Å². The number of likely N-dealkylation sites (tertiary alicyclic amines) is 1. The van der Waals surface area contributed by atoms with Crippen LogP contribution in [0.2, 0.25) is 0 Å². The van der Waals surface area contributed by atoms with Gasteiger partial charge in [0, 0.05) is 60.1 Å². The van der Waals surface area contributed by atoms with Crippen LogP contribution in [0, 0.1) is 5.92 Å². The van der Waals surface area contributed by atoms with Crippen LogP contribution < -0.4 is 10.1 Å². The molecule has 1 saturated carbocycles. The van der Waals surface area contributed by atoms with Gasteiger partial charge in [-0.3, -0.25) is 19.4 Å². The molecule has 2 aromatic carbocycles. The van der Waals surface area contributed by atoms with Gasteiger partial charge in [-0.25, -0.2) is 0 Å². The number of carbonyl (C=O) groups is 3. The lowest BCUT2D eigenvalue weighted by atomic mass is 9.88. The Kier molecular flexibility index (Phi) is 11.2. The quantitative estimate of drug-likeness (QED) is 0.260. The van der Waals surface area contributed by atoms with Gasteiger partial charge in [-0.05, 0) is 55.9 Å². The number of hydrogen-bond acceptors (Lipinski definition) is 8. The fourth-order valence-corrected chi connectivity index (χ4v) is 8.31. The first-order valence-electron chi connectivity index (χ1n) is 16.9. The Balaban J connectivity index is 1.11. The number of alkyl halides is 3. The van der Waals surface area contributed by atoms with Crippen LogP contribution in [0.1, 0.15) is 48.0 Å². The highest BCUT2D eigenvalue weighted by molar-refractivity contribution is 7.17. The van der Waals surface area contributed by atoms with Crippen molar-refractivity contribution >= 4 is 45.2 Å². The lowest BCUT2D eigenvalue weighted by Crippen LogP contribution is -2.52. The summed E-state index contributed by atoms with van der Waals surface area (Å²) in [5.41, 5.74) is 1.81. The molecule has 2 aliphatic heterocycles.